The maximum absolute atomic E-state index is 5.94. The zero-order valence-corrected chi connectivity index (χ0v) is 11.6. The number of nitrogens with two attached hydrogens (primary N) is 1. The van der Waals surface area contributed by atoms with Gasteiger partial charge in [0.2, 0.25) is 0 Å². The Morgan fingerprint density at radius 1 is 1.25 bits per heavy atom. The third-order valence-electron chi connectivity index (χ3n) is 3.54. The van der Waals surface area contributed by atoms with E-state index in [-0.39, 0.29) is 6.10 Å². The highest BCUT2D eigenvalue weighted by Gasteiger charge is 2.15. The number of ether oxygens (including phenoxy) is 2. The van der Waals surface area contributed by atoms with Crippen molar-refractivity contribution < 1.29 is 9.47 Å². The van der Waals surface area contributed by atoms with E-state index in [0.717, 1.165) is 43.1 Å². The van der Waals surface area contributed by atoms with E-state index < -0.39 is 0 Å². The highest BCUT2D eigenvalue weighted by molar-refractivity contribution is 5.63. The molecule has 2 heterocycles. The van der Waals surface area contributed by atoms with Crippen molar-refractivity contribution >= 4 is 5.82 Å². The molecule has 20 heavy (non-hydrogen) atoms. The van der Waals surface area contributed by atoms with Crippen LogP contribution >= 0.6 is 0 Å². The van der Waals surface area contributed by atoms with E-state index in [0.29, 0.717) is 5.82 Å². The second-order valence-electron chi connectivity index (χ2n) is 5.03. The van der Waals surface area contributed by atoms with Crippen LogP contribution in [0, 0.1) is 0 Å². The Morgan fingerprint density at radius 2 is 1.95 bits per heavy atom. The summed E-state index contributed by atoms with van der Waals surface area (Å²) in [6.45, 7) is 1.58. The lowest BCUT2D eigenvalue weighted by molar-refractivity contribution is 0.0256. The van der Waals surface area contributed by atoms with Gasteiger partial charge in [-0.15, -0.1) is 0 Å². The molecule has 1 aromatic heterocycles. The van der Waals surface area contributed by atoms with Crippen LogP contribution in [0.2, 0.25) is 0 Å². The molecule has 1 aliphatic heterocycles. The van der Waals surface area contributed by atoms with Crippen LogP contribution < -0.4 is 10.5 Å². The molecule has 5 nitrogen and oxygen atoms in total. The first-order valence-corrected chi connectivity index (χ1v) is 6.87. The van der Waals surface area contributed by atoms with E-state index >= 15 is 0 Å². The number of nitrogens with zero attached hydrogens (tertiary/aromatic N) is 2. The molecular weight excluding hydrogens is 254 g/mol. The molecule has 0 atom stereocenters. The van der Waals surface area contributed by atoms with Gasteiger partial charge < -0.3 is 15.2 Å². The number of aromatic nitrogens is 2. The Hall–Kier alpha value is -2.01. The van der Waals surface area contributed by atoms with Gasteiger partial charge in [0.05, 0.1) is 18.9 Å². The van der Waals surface area contributed by atoms with Crippen LogP contribution in [0.4, 0.5) is 5.82 Å². The summed E-state index contributed by atoms with van der Waals surface area (Å²) >= 11 is 0. The molecule has 1 aromatic carbocycles. The van der Waals surface area contributed by atoms with E-state index in [4.69, 9.17) is 15.2 Å². The summed E-state index contributed by atoms with van der Waals surface area (Å²) in [5.74, 6) is 1.55. The molecular formula is C15H19N3O2. The van der Waals surface area contributed by atoms with Crippen LogP contribution in [-0.2, 0) is 11.8 Å². The minimum Gasteiger partial charge on any atom is -0.490 e. The van der Waals surface area contributed by atoms with Crippen LogP contribution in [0.25, 0.3) is 11.3 Å². The predicted octanol–water partition coefficient (Wildman–Crippen LogP) is 2.23. The van der Waals surface area contributed by atoms with Gasteiger partial charge in [-0.1, -0.05) is 0 Å². The predicted molar refractivity (Wildman–Crippen MR) is 77.5 cm³/mol. The molecule has 0 saturated carbocycles. The number of anilines is 1. The number of rotatable bonds is 3. The van der Waals surface area contributed by atoms with Crippen molar-refractivity contribution in [1.29, 1.82) is 0 Å². The summed E-state index contributed by atoms with van der Waals surface area (Å²) in [6.07, 6.45) is 2.18. The molecule has 2 N–H and O–H groups in total. The van der Waals surface area contributed by atoms with Crippen molar-refractivity contribution in [3.63, 3.8) is 0 Å². The van der Waals surface area contributed by atoms with Gasteiger partial charge in [0, 0.05) is 31.5 Å². The summed E-state index contributed by atoms with van der Waals surface area (Å²) in [5, 5.41) is 4.36. The van der Waals surface area contributed by atoms with Crippen LogP contribution in [-0.4, -0.2) is 29.1 Å². The smallest absolute Gasteiger partial charge is 0.121 e. The van der Waals surface area contributed by atoms with E-state index in [1.807, 2.05) is 37.4 Å². The molecule has 3 rings (SSSR count). The summed E-state index contributed by atoms with van der Waals surface area (Å²) < 4.78 is 12.9. The molecule has 0 spiro atoms. The molecule has 0 unspecified atom stereocenters. The SMILES string of the molecule is Cn1nc(-c2ccc(OC3CCOCC3)cc2)cc1N. The fourth-order valence-corrected chi connectivity index (χ4v) is 2.31. The summed E-state index contributed by atoms with van der Waals surface area (Å²) in [7, 11) is 1.83. The zero-order chi connectivity index (χ0) is 13.9. The molecule has 5 heteroatoms. The topological polar surface area (TPSA) is 62.3 Å². The van der Waals surface area contributed by atoms with Crippen molar-refractivity contribution in [3.05, 3.63) is 30.3 Å². The fraction of sp³-hybridized carbons (Fsp3) is 0.400. The Bertz CT molecular complexity index is 552. The molecule has 0 radical (unpaired) electrons. The van der Waals surface area contributed by atoms with Gasteiger partial charge in [0.1, 0.15) is 17.7 Å². The molecule has 1 saturated heterocycles. The summed E-state index contributed by atoms with van der Waals surface area (Å²) in [4.78, 5) is 0. The Labute approximate surface area is 118 Å². The first-order valence-electron chi connectivity index (χ1n) is 6.87. The largest absolute Gasteiger partial charge is 0.490 e. The van der Waals surface area contributed by atoms with Gasteiger partial charge >= 0.3 is 0 Å². The standard InChI is InChI=1S/C15H19N3O2/c1-18-15(16)10-14(17-18)11-2-4-12(5-3-11)20-13-6-8-19-9-7-13/h2-5,10,13H,6-9,16H2,1H3. The van der Waals surface area contributed by atoms with Crippen LogP contribution in [0.15, 0.2) is 30.3 Å². The van der Waals surface area contributed by atoms with Crippen molar-refractivity contribution in [1.82, 2.24) is 9.78 Å². The van der Waals surface area contributed by atoms with Gasteiger partial charge in [-0.25, -0.2) is 0 Å². The quantitative estimate of drug-likeness (QED) is 0.931. The Morgan fingerprint density at radius 3 is 2.55 bits per heavy atom. The maximum atomic E-state index is 5.94. The fourth-order valence-electron chi connectivity index (χ4n) is 2.31. The van der Waals surface area contributed by atoms with Gasteiger partial charge in [0.15, 0.2) is 0 Å². The van der Waals surface area contributed by atoms with Crippen molar-refractivity contribution in [2.24, 2.45) is 7.05 Å². The van der Waals surface area contributed by atoms with Gasteiger partial charge in [0.25, 0.3) is 0 Å². The van der Waals surface area contributed by atoms with Crippen molar-refractivity contribution in [3.8, 4) is 17.0 Å². The molecule has 1 aliphatic rings. The first kappa shape index (κ1) is 13.0. The highest BCUT2D eigenvalue weighted by Crippen LogP contribution is 2.24. The third-order valence-corrected chi connectivity index (χ3v) is 3.54. The highest BCUT2D eigenvalue weighted by atomic mass is 16.5. The van der Waals surface area contributed by atoms with Crippen LogP contribution in [0.1, 0.15) is 12.8 Å². The van der Waals surface area contributed by atoms with Gasteiger partial charge in [-0.3, -0.25) is 4.68 Å². The summed E-state index contributed by atoms with van der Waals surface area (Å²) in [5.41, 5.74) is 7.71. The summed E-state index contributed by atoms with van der Waals surface area (Å²) in [6, 6.07) is 9.85. The molecule has 0 aliphatic carbocycles. The lowest BCUT2D eigenvalue weighted by Gasteiger charge is -2.23. The first-order chi connectivity index (χ1) is 9.72. The van der Waals surface area contributed by atoms with Crippen LogP contribution in [0.3, 0.4) is 0 Å². The van der Waals surface area contributed by atoms with Crippen LogP contribution in [0.5, 0.6) is 5.75 Å². The van der Waals surface area contributed by atoms with Gasteiger partial charge in [-0.2, -0.15) is 5.10 Å². The Kier molecular flexibility index (Phi) is 3.60. The van der Waals surface area contributed by atoms with E-state index in [9.17, 15) is 0 Å². The van der Waals surface area contributed by atoms with Crippen molar-refractivity contribution in [2.45, 2.75) is 18.9 Å². The number of hydrogen-bond acceptors (Lipinski definition) is 4. The van der Waals surface area contributed by atoms with E-state index in [1.54, 1.807) is 4.68 Å². The average Bonchev–Trinajstić information content (AvgIpc) is 2.81. The monoisotopic (exact) mass is 273 g/mol. The second-order valence-corrected chi connectivity index (χ2v) is 5.03. The van der Waals surface area contributed by atoms with E-state index in [2.05, 4.69) is 5.10 Å². The van der Waals surface area contributed by atoms with E-state index in [1.165, 1.54) is 0 Å². The molecule has 106 valence electrons. The lowest BCUT2D eigenvalue weighted by atomic mass is 10.1. The number of aryl methyl sites for hydroxylation is 1. The second kappa shape index (κ2) is 5.54. The molecule has 1 fully saturated rings. The number of hydrogen-bond donors (Lipinski definition) is 1. The minimum absolute atomic E-state index is 0.264. The molecule has 0 amide bonds. The minimum atomic E-state index is 0.264. The Balaban J connectivity index is 1.70. The van der Waals surface area contributed by atoms with Crippen molar-refractivity contribution in [2.75, 3.05) is 18.9 Å². The maximum Gasteiger partial charge on any atom is 0.121 e. The lowest BCUT2D eigenvalue weighted by Crippen LogP contribution is -2.25. The number of nitrogen functional groups attached to an aromatic ring is 1. The normalized spacial score (nSPS) is 16.2. The average molecular weight is 273 g/mol. The molecule has 2 aromatic rings. The number of benzene rings is 1. The molecule has 0 bridgehead atoms. The third kappa shape index (κ3) is 2.77. The van der Waals surface area contributed by atoms with Gasteiger partial charge in [-0.05, 0) is 24.3 Å². The zero-order valence-electron chi connectivity index (χ0n) is 11.6.